The van der Waals surface area contributed by atoms with E-state index in [1.165, 1.54) is 0 Å². The SMILES string of the molecule is C[SiH]1O[Si](CC[Si](C)(C)O[Si](O[Si](C)(C)CC[Si]2O[SiH](C)O[SiH](C)O[SiH](C)O2)(O[Si](C)(C)CC[Si]2O[SiH](C)O[SiH](C)O[SiH](C)O2)O[Si](C)(C)CC[Si]2O[SiH](C)O[SiH](C)O[SiH](C)O2)O[SiH](C)O[SiH](C)O1. The molecule has 4 fully saturated rings. The highest BCUT2D eigenvalue weighted by molar-refractivity contribution is 6.93. The Morgan fingerprint density at radius 1 is 0.261 bits per heavy atom. The fourth-order valence-corrected chi connectivity index (χ4v) is 81.4. The van der Waals surface area contributed by atoms with Gasteiger partial charge in [0.1, 0.15) is 0 Å². The first-order chi connectivity index (χ1) is 31.9. The third-order valence-corrected chi connectivity index (χ3v) is 77.6. The van der Waals surface area contributed by atoms with E-state index in [4.69, 9.17) is 82.3 Å². The van der Waals surface area contributed by atoms with E-state index < -0.39 is 191 Å². The van der Waals surface area contributed by atoms with Crippen LogP contribution in [0.5, 0.6) is 0 Å². The van der Waals surface area contributed by atoms with Gasteiger partial charge in [0, 0.05) is 0 Å². The molecule has 4 aliphatic rings. The van der Waals surface area contributed by atoms with Crippen LogP contribution in [0.25, 0.3) is 0 Å². The van der Waals surface area contributed by atoms with Crippen LogP contribution in [0, 0.1) is 0 Å². The van der Waals surface area contributed by atoms with Gasteiger partial charge < -0.3 is 82.3 Å². The summed E-state index contributed by atoms with van der Waals surface area (Å²) in [6.45, 7) is 42.9. The lowest BCUT2D eigenvalue weighted by atomic mass is 10.9. The molecule has 0 aliphatic carbocycles. The van der Waals surface area contributed by atoms with Crippen LogP contribution < -0.4 is 0 Å². The summed E-state index contributed by atoms with van der Waals surface area (Å²) >= 11 is 0. The fourth-order valence-electron chi connectivity index (χ4n) is 7.87. The van der Waals surface area contributed by atoms with E-state index in [1.807, 2.05) is 0 Å². The van der Waals surface area contributed by atoms with Crippen molar-refractivity contribution in [2.75, 3.05) is 0 Å². The van der Waals surface area contributed by atoms with Gasteiger partial charge >= 0.3 is 46.2 Å². The highest BCUT2D eigenvalue weighted by Crippen LogP contribution is 2.37. The van der Waals surface area contributed by atoms with Gasteiger partial charge in [0.25, 0.3) is 111 Å². The smallest absolute Gasteiger partial charge is 0.420 e. The standard InChI is InChI=1S/C28H88O20Si21/c1-49-29-53(5)37-61(38-54(6)30-49)21-25-65(13,14)45-69(46-66(15,16)26-22-62-39-55(7)31-50(2)32-56(8)40-62,47-67(17,18)27-23-63-41-57(9)33-51(3)34-58(10)42-63)48-68(19,20)28-24-64-43-59(11)35-52(4)36-60(12)44-64/h49-60H,21-28H2,1-20H3. The van der Waals surface area contributed by atoms with Crippen molar-refractivity contribution in [3.63, 3.8) is 0 Å². The minimum Gasteiger partial charge on any atom is -0.420 e. The average Bonchev–Trinajstić information content (AvgIpc) is 3.13. The first-order valence-corrected chi connectivity index (χ1v) is 70.0. The van der Waals surface area contributed by atoms with Crippen LogP contribution >= 0.6 is 0 Å². The second kappa shape index (κ2) is 29.8. The maximum atomic E-state index is 7.73. The van der Waals surface area contributed by atoms with Gasteiger partial charge in [0.05, 0.1) is 0 Å². The van der Waals surface area contributed by atoms with Crippen molar-refractivity contribution in [3.05, 3.63) is 0 Å². The Hall–Kier alpha value is 3.75. The topological polar surface area (TPSA) is 185 Å². The molecule has 0 aromatic carbocycles. The minimum absolute atomic E-state index is 0.733. The van der Waals surface area contributed by atoms with Gasteiger partial charge in [-0.15, -0.1) is 0 Å². The fraction of sp³-hybridized carbons (Fsp3) is 1.00. The zero-order chi connectivity index (χ0) is 51.5. The molecule has 4 heterocycles. The van der Waals surface area contributed by atoms with Crippen molar-refractivity contribution in [2.45, 2.75) is 179 Å². The van der Waals surface area contributed by atoms with Crippen molar-refractivity contribution in [3.8, 4) is 0 Å². The predicted molar refractivity (Wildman–Crippen MR) is 315 cm³/mol. The van der Waals surface area contributed by atoms with E-state index >= 15 is 0 Å². The highest BCUT2D eigenvalue weighted by atomic mass is 28.5. The zero-order valence-electron chi connectivity index (χ0n) is 45.3. The van der Waals surface area contributed by atoms with Gasteiger partial charge in [-0.25, -0.2) is 0 Å². The molecule has 0 saturated carbocycles. The molecular weight excluding hydrogens is 1250 g/mol. The Morgan fingerprint density at radius 2 is 0.406 bits per heavy atom. The number of rotatable bonds is 20. The molecular formula is C28H88O20Si21. The van der Waals surface area contributed by atoms with E-state index in [0.717, 1.165) is 48.4 Å². The molecule has 8 atom stereocenters. The maximum absolute atomic E-state index is 7.73. The summed E-state index contributed by atoms with van der Waals surface area (Å²) in [5.74, 6) is 0. The lowest BCUT2D eigenvalue weighted by Crippen LogP contribution is -2.67. The zero-order valence-corrected chi connectivity index (χ0v) is 68.1. The largest absolute Gasteiger partial charge is 0.636 e. The second-order valence-electron chi connectivity index (χ2n) is 20.3. The van der Waals surface area contributed by atoms with E-state index in [-0.39, 0.29) is 0 Å². The Bertz CT molecular complexity index is 1250. The Morgan fingerprint density at radius 3 is 0.551 bits per heavy atom. The molecule has 4 saturated heterocycles. The van der Waals surface area contributed by atoms with Gasteiger partial charge in [-0.1, -0.05) is 0 Å². The average molecular weight is 1330 g/mol. The summed E-state index contributed by atoms with van der Waals surface area (Å²) in [6.07, 6.45) is 0. The van der Waals surface area contributed by atoms with Crippen LogP contribution in [-0.2, 0) is 82.3 Å². The van der Waals surface area contributed by atoms with E-state index in [0.29, 0.717) is 0 Å². The molecule has 4 rings (SSSR count). The summed E-state index contributed by atoms with van der Waals surface area (Å²) in [5.41, 5.74) is 0. The quantitative estimate of drug-likeness (QED) is 0.162. The van der Waals surface area contributed by atoms with Gasteiger partial charge in [-0.2, -0.15) is 0 Å². The highest BCUT2D eigenvalue weighted by Gasteiger charge is 2.59. The van der Waals surface area contributed by atoms with Crippen molar-refractivity contribution < 1.29 is 82.3 Å². The van der Waals surface area contributed by atoms with Crippen LogP contribution in [0.3, 0.4) is 0 Å². The molecule has 0 amide bonds. The lowest BCUT2D eigenvalue weighted by molar-refractivity contribution is 0.145. The van der Waals surface area contributed by atoms with Gasteiger partial charge in [0.2, 0.25) is 0 Å². The van der Waals surface area contributed by atoms with Crippen LogP contribution in [0.1, 0.15) is 0 Å². The molecule has 404 valence electrons. The summed E-state index contributed by atoms with van der Waals surface area (Å²) in [4.78, 5) is 0. The summed E-state index contributed by atoms with van der Waals surface area (Å²) < 4.78 is 133. The third-order valence-electron chi connectivity index (χ3n) is 10.8. The normalized spacial score (nSPS) is 34.6. The molecule has 4 aliphatic heterocycles. The molecule has 41 heteroatoms. The van der Waals surface area contributed by atoms with Gasteiger partial charge in [-0.3, -0.25) is 0 Å². The Labute approximate surface area is 448 Å². The first kappa shape index (κ1) is 65.3. The molecule has 0 spiro atoms. The second-order valence-corrected chi connectivity index (χ2v) is 75.5. The monoisotopic (exact) mass is 1330 g/mol. The van der Waals surface area contributed by atoms with Crippen LogP contribution in [-0.4, -0.2) is 191 Å². The van der Waals surface area contributed by atoms with Crippen LogP contribution in [0.15, 0.2) is 0 Å². The minimum atomic E-state index is -4.04. The van der Waals surface area contributed by atoms with E-state index in [1.54, 1.807) is 0 Å². The molecule has 8 unspecified atom stereocenters. The molecule has 4 radical (unpaired) electrons. The lowest BCUT2D eigenvalue weighted by Gasteiger charge is -2.46. The molecule has 0 bridgehead atoms. The first-order valence-electron chi connectivity index (χ1n) is 24.7. The Kier molecular flexibility index (Phi) is 28.2. The molecule has 0 aromatic heterocycles. The van der Waals surface area contributed by atoms with Crippen molar-refractivity contribution in [2.24, 2.45) is 0 Å². The molecule has 0 N–H and O–H groups in total. The summed E-state index contributed by atoms with van der Waals surface area (Å²) in [6, 6.07) is 5.98. The summed E-state index contributed by atoms with van der Waals surface area (Å²) in [5, 5.41) is 0. The van der Waals surface area contributed by atoms with Crippen molar-refractivity contribution >= 4 is 191 Å². The summed E-state index contributed by atoms with van der Waals surface area (Å²) in [7, 11) is -43.9. The predicted octanol–water partition coefficient (Wildman–Crippen LogP) is 2.79. The van der Waals surface area contributed by atoms with Crippen molar-refractivity contribution in [1.29, 1.82) is 0 Å². The van der Waals surface area contributed by atoms with Gasteiger partial charge in [0.15, 0.2) is 33.3 Å². The van der Waals surface area contributed by atoms with Gasteiger partial charge in [-0.05, 0) is 179 Å². The molecule has 69 heavy (non-hydrogen) atoms. The van der Waals surface area contributed by atoms with E-state index in [9.17, 15) is 0 Å². The van der Waals surface area contributed by atoms with Crippen LogP contribution in [0.2, 0.25) is 179 Å². The third kappa shape index (κ3) is 26.1. The number of hydrogen-bond donors (Lipinski definition) is 0. The number of hydrogen-bond acceptors (Lipinski definition) is 20. The molecule has 20 nitrogen and oxygen atoms in total. The molecule has 0 aromatic rings. The van der Waals surface area contributed by atoms with Crippen molar-refractivity contribution in [1.82, 2.24) is 0 Å². The van der Waals surface area contributed by atoms with Crippen LogP contribution in [0.4, 0.5) is 0 Å². The maximum Gasteiger partial charge on any atom is 0.636 e. The van der Waals surface area contributed by atoms with E-state index in [2.05, 4.69) is 131 Å². The Balaban J connectivity index is 1.70.